The summed E-state index contributed by atoms with van der Waals surface area (Å²) in [6, 6.07) is 0. The lowest BCUT2D eigenvalue weighted by atomic mass is 10.0. The van der Waals surface area contributed by atoms with Gasteiger partial charge in [0.15, 0.2) is 0 Å². The van der Waals surface area contributed by atoms with Crippen molar-refractivity contribution >= 4 is 8.69 Å². The van der Waals surface area contributed by atoms with Crippen LogP contribution in [0.25, 0.3) is 0 Å². The minimum atomic E-state index is -0.581. The second-order valence-corrected chi connectivity index (χ2v) is 5.63. The highest BCUT2D eigenvalue weighted by Crippen LogP contribution is 2.12. The molecule has 0 aromatic carbocycles. The molecular formula is C15H32O2P+. The van der Waals surface area contributed by atoms with Crippen LogP contribution < -0.4 is 0 Å². The average Bonchev–Trinajstić information content (AvgIpc) is 2.39. The standard InChI is InChI=1S/C15H32O2P/c1-2-3-4-5-6-7-8-9-10-11-12-13-14-15-17-18-16/h18H,2-15H2,1H3/q+1. The topological polar surface area (TPSA) is 26.3 Å². The first-order valence-corrected chi connectivity index (χ1v) is 8.72. The van der Waals surface area contributed by atoms with Crippen LogP contribution in [-0.4, -0.2) is 6.61 Å². The normalized spacial score (nSPS) is 11.2. The molecule has 3 heteroatoms. The van der Waals surface area contributed by atoms with Crippen molar-refractivity contribution in [3.05, 3.63) is 0 Å². The van der Waals surface area contributed by atoms with Crippen molar-refractivity contribution in [2.24, 2.45) is 0 Å². The first-order valence-electron chi connectivity index (χ1n) is 7.90. The highest BCUT2D eigenvalue weighted by molar-refractivity contribution is 7.17. The van der Waals surface area contributed by atoms with Crippen molar-refractivity contribution < 1.29 is 9.09 Å². The Kier molecular flexibility index (Phi) is 17.1. The van der Waals surface area contributed by atoms with Crippen molar-refractivity contribution in [3.8, 4) is 0 Å². The molecule has 0 aromatic heterocycles. The third-order valence-corrected chi connectivity index (χ3v) is 3.73. The number of rotatable bonds is 15. The predicted molar refractivity (Wildman–Crippen MR) is 80.6 cm³/mol. The number of hydrogen-bond acceptors (Lipinski definition) is 2. The van der Waals surface area contributed by atoms with E-state index in [2.05, 4.69) is 6.92 Å². The Bertz CT molecular complexity index is 163. The van der Waals surface area contributed by atoms with Gasteiger partial charge in [0.25, 0.3) is 0 Å². The van der Waals surface area contributed by atoms with E-state index in [4.69, 9.17) is 4.52 Å². The van der Waals surface area contributed by atoms with E-state index in [0.717, 1.165) is 6.42 Å². The molecule has 18 heavy (non-hydrogen) atoms. The Morgan fingerprint density at radius 2 is 1.06 bits per heavy atom. The van der Waals surface area contributed by atoms with Crippen molar-refractivity contribution in [1.29, 1.82) is 0 Å². The fourth-order valence-electron chi connectivity index (χ4n) is 2.23. The lowest BCUT2D eigenvalue weighted by Gasteiger charge is -2.02. The fourth-order valence-corrected chi connectivity index (χ4v) is 2.46. The summed E-state index contributed by atoms with van der Waals surface area (Å²) in [7, 11) is -0.581. The molecule has 0 saturated carbocycles. The Morgan fingerprint density at radius 1 is 0.667 bits per heavy atom. The van der Waals surface area contributed by atoms with Crippen molar-refractivity contribution in [2.75, 3.05) is 6.61 Å². The zero-order valence-corrected chi connectivity index (χ0v) is 13.2. The molecule has 2 nitrogen and oxygen atoms in total. The van der Waals surface area contributed by atoms with Gasteiger partial charge in [-0.05, 0) is 11.0 Å². The summed E-state index contributed by atoms with van der Waals surface area (Å²) < 4.78 is 14.9. The summed E-state index contributed by atoms with van der Waals surface area (Å²) in [6.07, 6.45) is 17.7. The Morgan fingerprint density at radius 3 is 1.44 bits per heavy atom. The molecule has 0 aromatic rings. The second-order valence-electron chi connectivity index (χ2n) is 5.17. The Hall–Kier alpha value is 0.0600. The molecule has 1 unspecified atom stereocenters. The molecule has 0 N–H and O–H groups in total. The molecule has 0 bridgehead atoms. The summed E-state index contributed by atoms with van der Waals surface area (Å²) in [5, 5.41) is 0. The van der Waals surface area contributed by atoms with E-state index in [1.807, 2.05) is 0 Å². The molecule has 108 valence electrons. The van der Waals surface area contributed by atoms with Crippen LogP contribution in [-0.2, 0) is 9.09 Å². The van der Waals surface area contributed by atoms with Gasteiger partial charge in [0.2, 0.25) is 0 Å². The third kappa shape index (κ3) is 16.1. The Balaban J connectivity index is 2.88. The zero-order valence-electron chi connectivity index (χ0n) is 12.2. The van der Waals surface area contributed by atoms with Crippen LogP contribution in [0.3, 0.4) is 0 Å². The molecule has 0 spiro atoms. The summed E-state index contributed by atoms with van der Waals surface area (Å²) >= 11 is 0. The molecule has 0 rings (SSSR count). The van der Waals surface area contributed by atoms with Gasteiger partial charge in [0, 0.05) is 0 Å². The SMILES string of the molecule is CCCCCCCCCCCCCCCO[PH+]=O. The predicted octanol–water partition coefficient (Wildman–Crippen LogP) is 6.03. The molecule has 0 heterocycles. The average molecular weight is 275 g/mol. The summed E-state index contributed by atoms with van der Waals surface area (Å²) in [6.45, 7) is 2.94. The van der Waals surface area contributed by atoms with Crippen molar-refractivity contribution in [3.63, 3.8) is 0 Å². The maximum absolute atomic E-state index is 10.1. The quantitative estimate of drug-likeness (QED) is 0.269. The van der Waals surface area contributed by atoms with Gasteiger partial charge in [-0.3, -0.25) is 0 Å². The molecule has 0 fully saturated rings. The lowest BCUT2D eigenvalue weighted by molar-refractivity contribution is 0.328. The van der Waals surface area contributed by atoms with Crippen LogP contribution >= 0.6 is 8.69 Å². The lowest BCUT2D eigenvalue weighted by Crippen LogP contribution is -1.86. The van der Waals surface area contributed by atoms with Crippen LogP contribution in [0.5, 0.6) is 0 Å². The Labute approximate surface area is 115 Å². The highest BCUT2D eigenvalue weighted by atomic mass is 31.1. The molecule has 0 amide bonds. The zero-order chi connectivity index (χ0) is 13.3. The first-order chi connectivity index (χ1) is 8.91. The number of hydrogen-bond donors (Lipinski definition) is 0. The van der Waals surface area contributed by atoms with Gasteiger partial charge in [0.1, 0.15) is 6.61 Å². The maximum atomic E-state index is 10.1. The van der Waals surface area contributed by atoms with Gasteiger partial charge < -0.3 is 0 Å². The molecule has 0 aliphatic heterocycles. The molecule has 1 atom stereocenters. The van der Waals surface area contributed by atoms with E-state index in [0.29, 0.717) is 6.61 Å². The fraction of sp³-hybridized carbons (Fsp3) is 1.00. The largest absolute Gasteiger partial charge is 0.494 e. The van der Waals surface area contributed by atoms with Crippen LogP contribution in [0.15, 0.2) is 0 Å². The van der Waals surface area contributed by atoms with Gasteiger partial charge in [0.05, 0.1) is 0 Å². The van der Waals surface area contributed by atoms with Gasteiger partial charge >= 0.3 is 8.69 Å². The summed E-state index contributed by atoms with van der Waals surface area (Å²) in [5.41, 5.74) is 0. The molecule has 0 aliphatic rings. The molecule has 0 aliphatic carbocycles. The van der Waals surface area contributed by atoms with Crippen LogP contribution in [0.2, 0.25) is 0 Å². The summed E-state index contributed by atoms with van der Waals surface area (Å²) in [5.74, 6) is 0. The maximum Gasteiger partial charge on any atom is 0.494 e. The van der Waals surface area contributed by atoms with Gasteiger partial charge in [-0.1, -0.05) is 84.0 Å². The van der Waals surface area contributed by atoms with E-state index >= 15 is 0 Å². The minimum Gasteiger partial charge on any atom is -0.148 e. The molecule has 0 radical (unpaired) electrons. The molecular weight excluding hydrogens is 243 g/mol. The van der Waals surface area contributed by atoms with E-state index < -0.39 is 8.69 Å². The smallest absolute Gasteiger partial charge is 0.148 e. The van der Waals surface area contributed by atoms with E-state index in [1.165, 1.54) is 77.0 Å². The van der Waals surface area contributed by atoms with Crippen LogP contribution in [0, 0.1) is 0 Å². The second kappa shape index (κ2) is 17.1. The van der Waals surface area contributed by atoms with E-state index in [1.54, 1.807) is 0 Å². The van der Waals surface area contributed by atoms with Crippen molar-refractivity contribution in [2.45, 2.75) is 90.4 Å². The summed E-state index contributed by atoms with van der Waals surface area (Å²) in [4.78, 5) is 0. The van der Waals surface area contributed by atoms with Gasteiger partial charge in [-0.25, -0.2) is 0 Å². The highest BCUT2D eigenvalue weighted by Gasteiger charge is 1.95. The first kappa shape index (κ1) is 18.1. The third-order valence-electron chi connectivity index (χ3n) is 3.41. The number of unbranched alkanes of at least 4 members (excludes halogenated alkanes) is 12. The van der Waals surface area contributed by atoms with E-state index in [-0.39, 0.29) is 0 Å². The van der Waals surface area contributed by atoms with Crippen molar-refractivity contribution in [1.82, 2.24) is 0 Å². The van der Waals surface area contributed by atoms with E-state index in [9.17, 15) is 4.57 Å². The van der Waals surface area contributed by atoms with Crippen LogP contribution in [0.4, 0.5) is 0 Å². The van der Waals surface area contributed by atoms with Crippen LogP contribution in [0.1, 0.15) is 90.4 Å². The molecule has 0 saturated heterocycles. The van der Waals surface area contributed by atoms with Gasteiger partial charge in [-0.15, -0.1) is 4.52 Å². The van der Waals surface area contributed by atoms with Gasteiger partial charge in [-0.2, -0.15) is 0 Å². The monoisotopic (exact) mass is 275 g/mol. The minimum absolute atomic E-state index is 0.581.